The summed E-state index contributed by atoms with van der Waals surface area (Å²) in [6.07, 6.45) is 1.43. The van der Waals surface area contributed by atoms with E-state index in [9.17, 15) is 4.79 Å². The van der Waals surface area contributed by atoms with Crippen LogP contribution < -0.4 is 0 Å². The molecule has 0 aliphatic heterocycles. The first kappa shape index (κ1) is 14.4. The number of nitrogens with zero attached hydrogens (tertiary/aromatic N) is 3. The number of carbonyl (C=O) groups is 1. The molecule has 2 aromatic rings. The molecule has 0 fully saturated rings. The topological polar surface area (TPSA) is 61.9 Å². The number of carbonyl (C=O) groups excluding carboxylic acids is 1. The lowest BCUT2D eigenvalue weighted by Gasteiger charge is -2.14. The number of aromatic nitrogens is 3. The van der Waals surface area contributed by atoms with Gasteiger partial charge in [-0.15, -0.1) is 23.1 Å². The van der Waals surface area contributed by atoms with Crippen molar-refractivity contribution in [1.82, 2.24) is 20.1 Å². The maximum atomic E-state index is 11.9. The molecular weight excluding hydrogens is 304 g/mol. The third-order valence-corrected chi connectivity index (χ3v) is 4.76. The molecule has 1 N–H and O–H groups in total. The summed E-state index contributed by atoms with van der Waals surface area (Å²) >= 11 is 8.98. The minimum atomic E-state index is 0.0732. The number of nitrogens with one attached hydrogen (secondary N) is 1. The fourth-order valence-corrected chi connectivity index (χ4v) is 3.56. The van der Waals surface area contributed by atoms with Crippen molar-refractivity contribution in [2.45, 2.75) is 12.3 Å². The van der Waals surface area contributed by atoms with Crippen LogP contribution in [-0.2, 0) is 17.1 Å². The smallest absolute Gasteiger partial charge is 0.232 e. The normalized spacial score (nSPS) is 10.6. The highest BCUT2D eigenvalue weighted by atomic mass is 35.5. The second kappa shape index (κ2) is 6.93. The summed E-state index contributed by atoms with van der Waals surface area (Å²) < 4.78 is 0.782. The van der Waals surface area contributed by atoms with Crippen molar-refractivity contribution in [3.8, 4) is 0 Å². The molecule has 0 bridgehead atoms. The lowest BCUT2D eigenvalue weighted by molar-refractivity contribution is -0.127. The molecule has 0 saturated heterocycles. The largest absolute Gasteiger partial charge is 0.338 e. The van der Waals surface area contributed by atoms with Gasteiger partial charge in [0.2, 0.25) is 5.91 Å². The number of H-pyrrole nitrogens is 1. The lowest BCUT2D eigenvalue weighted by Crippen LogP contribution is -2.28. The Labute approximate surface area is 124 Å². The van der Waals surface area contributed by atoms with E-state index in [1.807, 2.05) is 12.1 Å². The molecule has 102 valence electrons. The summed E-state index contributed by atoms with van der Waals surface area (Å²) in [5, 5.41) is 6.48. The molecule has 2 heterocycles. The molecule has 0 radical (unpaired) electrons. The number of thioether (sulfide) groups is 1. The SMILES string of the molecule is CN(Cc1ncn[nH]1)C(=O)CSCc1ccc(Cl)s1. The van der Waals surface area contributed by atoms with Gasteiger partial charge in [0.25, 0.3) is 0 Å². The van der Waals surface area contributed by atoms with Gasteiger partial charge in [-0.25, -0.2) is 4.98 Å². The molecule has 0 atom stereocenters. The Balaban J connectivity index is 1.71. The predicted molar refractivity (Wildman–Crippen MR) is 78.3 cm³/mol. The molecule has 1 amide bonds. The van der Waals surface area contributed by atoms with Crippen LogP contribution in [0.2, 0.25) is 4.34 Å². The molecule has 0 spiro atoms. The van der Waals surface area contributed by atoms with Crippen LogP contribution in [0.15, 0.2) is 18.5 Å². The predicted octanol–water partition coefficient (Wildman–Crippen LogP) is 2.41. The van der Waals surface area contributed by atoms with Gasteiger partial charge in [-0.2, -0.15) is 5.10 Å². The Morgan fingerprint density at radius 1 is 1.58 bits per heavy atom. The zero-order valence-electron chi connectivity index (χ0n) is 10.3. The van der Waals surface area contributed by atoms with Crippen molar-refractivity contribution in [2.24, 2.45) is 0 Å². The second-order valence-corrected chi connectivity index (χ2v) is 6.67. The minimum Gasteiger partial charge on any atom is -0.338 e. The lowest BCUT2D eigenvalue weighted by atomic mass is 10.5. The average Bonchev–Trinajstić information content (AvgIpc) is 3.01. The van der Waals surface area contributed by atoms with Gasteiger partial charge in [-0.3, -0.25) is 9.89 Å². The average molecular weight is 317 g/mol. The van der Waals surface area contributed by atoms with Gasteiger partial charge >= 0.3 is 0 Å². The van der Waals surface area contributed by atoms with Gasteiger partial charge in [-0.1, -0.05) is 11.6 Å². The first-order valence-corrected chi connectivity index (χ1v) is 7.90. The third kappa shape index (κ3) is 4.52. The second-order valence-electron chi connectivity index (χ2n) is 3.88. The van der Waals surface area contributed by atoms with Gasteiger partial charge in [0.1, 0.15) is 12.2 Å². The molecular formula is C11H13ClN4OS2. The molecule has 19 heavy (non-hydrogen) atoms. The highest BCUT2D eigenvalue weighted by Gasteiger charge is 2.11. The number of hydrogen-bond donors (Lipinski definition) is 1. The third-order valence-electron chi connectivity index (χ3n) is 2.38. The standard InChI is InChI=1S/C11H13ClN4OS2/c1-16(4-10-13-7-14-15-10)11(17)6-18-5-8-2-3-9(12)19-8/h2-3,7H,4-6H2,1H3,(H,13,14,15). The van der Waals surface area contributed by atoms with E-state index >= 15 is 0 Å². The number of thiophene rings is 1. The van der Waals surface area contributed by atoms with Crippen molar-refractivity contribution < 1.29 is 4.79 Å². The van der Waals surface area contributed by atoms with Crippen molar-refractivity contribution in [2.75, 3.05) is 12.8 Å². The molecule has 0 aromatic carbocycles. The van der Waals surface area contributed by atoms with Gasteiger partial charge in [0.05, 0.1) is 16.6 Å². The fourth-order valence-electron chi connectivity index (χ4n) is 1.40. The molecule has 0 aliphatic rings. The van der Waals surface area contributed by atoms with Crippen LogP contribution >= 0.6 is 34.7 Å². The van der Waals surface area contributed by atoms with Crippen LogP contribution in [0.5, 0.6) is 0 Å². The molecule has 2 aromatic heterocycles. The van der Waals surface area contributed by atoms with E-state index in [2.05, 4.69) is 15.2 Å². The quantitative estimate of drug-likeness (QED) is 0.889. The molecule has 0 saturated carbocycles. The van der Waals surface area contributed by atoms with E-state index in [1.54, 1.807) is 35.0 Å². The fraction of sp³-hybridized carbons (Fsp3) is 0.364. The van der Waals surface area contributed by atoms with E-state index in [1.165, 1.54) is 11.2 Å². The van der Waals surface area contributed by atoms with Crippen LogP contribution in [0.25, 0.3) is 0 Å². The monoisotopic (exact) mass is 316 g/mol. The van der Waals surface area contributed by atoms with Crippen molar-refractivity contribution in [1.29, 1.82) is 0 Å². The van der Waals surface area contributed by atoms with E-state index in [4.69, 9.17) is 11.6 Å². The number of rotatable bonds is 6. The van der Waals surface area contributed by atoms with E-state index < -0.39 is 0 Å². The molecule has 2 rings (SSSR count). The van der Waals surface area contributed by atoms with Crippen molar-refractivity contribution >= 4 is 40.6 Å². The number of halogens is 1. The van der Waals surface area contributed by atoms with Crippen LogP contribution in [0.3, 0.4) is 0 Å². The first-order valence-electron chi connectivity index (χ1n) is 5.55. The van der Waals surface area contributed by atoms with E-state index in [-0.39, 0.29) is 5.91 Å². The summed E-state index contributed by atoms with van der Waals surface area (Å²) in [6.45, 7) is 0.449. The Hall–Kier alpha value is -1.05. The van der Waals surface area contributed by atoms with Crippen LogP contribution in [0.1, 0.15) is 10.7 Å². The van der Waals surface area contributed by atoms with Gasteiger partial charge in [0, 0.05) is 17.7 Å². The molecule has 0 unspecified atom stereocenters. The maximum absolute atomic E-state index is 11.9. The highest BCUT2D eigenvalue weighted by molar-refractivity contribution is 7.99. The number of aromatic amines is 1. The van der Waals surface area contributed by atoms with Gasteiger partial charge < -0.3 is 4.90 Å². The van der Waals surface area contributed by atoms with E-state index in [0.717, 1.165) is 10.1 Å². The number of hydrogen-bond acceptors (Lipinski definition) is 5. The highest BCUT2D eigenvalue weighted by Crippen LogP contribution is 2.25. The van der Waals surface area contributed by atoms with Crippen molar-refractivity contribution in [3.63, 3.8) is 0 Å². The number of amides is 1. The zero-order valence-corrected chi connectivity index (χ0v) is 12.7. The van der Waals surface area contributed by atoms with Crippen LogP contribution in [0.4, 0.5) is 0 Å². The zero-order chi connectivity index (χ0) is 13.7. The Morgan fingerprint density at radius 2 is 2.42 bits per heavy atom. The summed E-state index contributed by atoms with van der Waals surface area (Å²) in [5.74, 6) is 2.01. The maximum Gasteiger partial charge on any atom is 0.232 e. The van der Waals surface area contributed by atoms with Crippen LogP contribution in [0, 0.1) is 0 Å². The van der Waals surface area contributed by atoms with Crippen molar-refractivity contribution in [3.05, 3.63) is 33.5 Å². The van der Waals surface area contributed by atoms with Crippen LogP contribution in [-0.4, -0.2) is 38.8 Å². The summed E-state index contributed by atoms with van der Waals surface area (Å²) in [5.41, 5.74) is 0. The summed E-state index contributed by atoms with van der Waals surface area (Å²) in [7, 11) is 1.76. The Bertz CT molecular complexity index is 529. The summed E-state index contributed by atoms with van der Waals surface area (Å²) in [4.78, 5) is 18.7. The Kier molecular flexibility index (Phi) is 5.24. The molecule has 5 nitrogen and oxygen atoms in total. The minimum absolute atomic E-state index is 0.0732. The van der Waals surface area contributed by atoms with E-state index in [0.29, 0.717) is 18.1 Å². The van der Waals surface area contributed by atoms with Gasteiger partial charge in [0.15, 0.2) is 0 Å². The van der Waals surface area contributed by atoms with Gasteiger partial charge in [-0.05, 0) is 12.1 Å². The summed E-state index contributed by atoms with van der Waals surface area (Å²) in [6, 6.07) is 3.86. The first-order chi connectivity index (χ1) is 9.15. The molecule has 0 aliphatic carbocycles. The molecule has 8 heteroatoms. The Morgan fingerprint density at radius 3 is 3.05 bits per heavy atom.